The Labute approximate surface area is 162 Å². The second-order valence-electron chi connectivity index (χ2n) is 5.72. The largest absolute Gasteiger partial charge is 0.336 e. The molecule has 1 aromatic heterocycles. The van der Waals surface area contributed by atoms with Gasteiger partial charge < -0.3 is 16.0 Å². The van der Waals surface area contributed by atoms with Crippen molar-refractivity contribution in [1.82, 2.24) is 9.88 Å². The standard InChI is InChI=1S/C15H21BrN4O2.2ClH/c1-20(15(22)7-10-3-2-4-12(10)17)9-14(21)19-13-6-5-11(16)8-18-13;;/h5-6,8,10,12H,2-4,7,9,17H2,1H3,(H,18,19,21);2*1H/t10-,12+;;/m0../s1. The highest BCUT2D eigenvalue weighted by Crippen LogP contribution is 2.27. The van der Waals surface area contributed by atoms with Gasteiger partial charge >= 0.3 is 0 Å². The molecule has 9 heteroatoms. The van der Waals surface area contributed by atoms with E-state index < -0.39 is 0 Å². The summed E-state index contributed by atoms with van der Waals surface area (Å²) in [6.45, 7) is 0.0124. The number of halogens is 3. The van der Waals surface area contributed by atoms with E-state index in [0.29, 0.717) is 12.2 Å². The number of anilines is 1. The molecule has 0 aliphatic heterocycles. The summed E-state index contributed by atoms with van der Waals surface area (Å²) in [7, 11) is 1.64. The molecule has 1 saturated carbocycles. The number of rotatable bonds is 5. The zero-order chi connectivity index (χ0) is 16.1. The first-order valence-electron chi connectivity index (χ1n) is 7.36. The lowest BCUT2D eigenvalue weighted by Gasteiger charge is -2.20. The molecule has 0 saturated heterocycles. The van der Waals surface area contributed by atoms with E-state index in [2.05, 4.69) is 26.2 Å². The molecular weight excluding hydrogens is 419 g/mol. The molecule has 1 aliphatic rings. The molecule has 6 nitrogen and oxygen atoms in total. The fourth-order valence-corrected chi connectivity index (χ4v) is 2.87. The average molecular weight is 442 g/mol. The first-order valence-corrected chi connectivity index (χ1v) is 8.16. The molecule has 0 bridgehead atoms. The molecule has 2 amide bonds. The summed E-state index contributed by atoms with van der Waals surface area (Å²) >= 11 is 3.28. The van der Waals surface area contributed by atoms with Crippen LogP contribution in [0.1, 0.15) is 25.7 Å². The second kappa shape index (κ2) is 10.9. The van der Waals surface area contributed by atoms with E-state index in [9.17, 15) is 9.59 Å². The lowest BCUT2D eigenvalue weighted by Crippen LogP contribution is -2.37. The van der Waals surface area contributed by atoms with Gasteiger partial charge in [0.05, 0.1) is 6.54 Å². The van der Waals surface area contributed by atoms with E-state index in [0.717, 1.165) is 23.7 Å². The quantitative estimate of drug-likeness (QED) is 0.734. The van der Waals surface area contributed by atoms with E-state index in [1.54, 1.807) is 25.4 Å². The Morgan fingerprint density at radius 2 is 2.08 bits per heavy atom. The minimum atomic E-state index is -0.263. The number of hydrogen-bond acceptors (Lipinski definition) is 4. The summed E-state index contributed by atoms with van der Waals surface area (Å²) in [5.41, 5.74) is 5.98. The van der Waals surface area contributed by atoms with Crippen LogP contribution in [-0.2, 0) is 9.59 Å². The molecule has 0 aromatic carbocycles. The maximum absolute atomic E-state index is 12.1. The molecule has 24 heavy (non-hydrogen) atoms. The van der Waals surface area contributed by atoms with Crippen molar-refractivity contribution in [3.8, 4) is 0 Å². The maximum Gasteiger partial charge on any atom is 0.245 e. The summed E-state index contributed by atoms with van der Waals surface area (Å²) in [6.07, 6.45) is 5.08. The summed E-state index contributed by atoms with van der Waals surface area (Å²) in [4.78, 5) is 29.6. The fourth-order valence-electron chi connectivity index (χ4n) is 2.63. The van der Waals surface area contributed by atoms with Crippen molar-refractivity contribution in [3.05, 3.63) is 22.8 Å². The van der Waals surface area contributed by atoms with Crippen molar-refractivity contribution in [2.45, 2.75) is 31.7 Å². The smallest absolute Gasteiger partial charge is 0.245 e. The van der Waals surface area contributed by atoms with Crippen molar-refractivity contribution in [2.75, 3.05) is 18.9 Å². The third kappa shape index (κ3) is 6.93. The van der Waals surface area contributed by atoms with Gasteiger partial charge in [-0.25, -0.2) is 4.98 Å². The SMILES string of the molecule is CN(CC(=O)Nc1ccc(Br)cn1)C(=O)C[C@@H]1CCC[C@H]1N.Cl.Cl. The highest BCUT2D eigenvalue weighted by atomic mass is 79.9. The van der Waals surface area contributed by atoms with Gasteiger partial charge in [-0.1, -0.05) is 6.42 Å². The van der Waals surface area contributed by atoms with E-state index in [1.807, 2.05) is 0 Å². The van der Waals surface area contributed by atoms with Crippen molar-refractivity contribution in [3.63, 3.8) is 0 Å². The van der Waals surface area contributed by atoms with E-state index in [-0.39, 0.29) is 55.1 Å². The lowest BCUT2D eigenvalue weighted by atomic mass is 9.99. The molecule has 1 aliphatic carbocycles. The zero-order valence-electron chi connectivity index (χ0n) is 13.4. The van der Waals surface area contributed by atoms with Gasteiger partial charge in [-0.05, 0) is 46.8 Å². The van der Waals surface area contributed by atoms with Gasteiger partial charge in [0, 0.05) is 30.2 Å². The number of pyridine rings is 1. The molecule has 0 radical (unpaired) electrons. The number of nitrogens with one attached hydrogen (secondary N) is 1. The predicted molar refractivity (Wildman–Crippen MR) is 103 cm³/mol. The van der Waals surface area contributed by atoms with Crippen LogP contribution in [-0.4, -0.2) is 41.3 Å². The van der Waals surface area contributed by atoms with Crippen molar-refractivity contribution in [2.24, 2.45) is 11.7 Å². The Hall–Kier alpha value is -0.890. The van der Waals surface area contributed by atoms with Gasteiger partial charge in [0.25, 0.3) is 0 Å². The van der Waals surface area contributed by atoms with E-state index in [1.165, 1.54) is 4.90 Å². The topological polar surface area (TPSA) is 88.3 Å². The summed E-state index contributed by atoms with van der Waals surface area (Å²) in [5, 5.41) is 2.67. The third-order valence-corrected chi connectivity index (χ3v) is 4.43. The molecule has 1 heterocycles. The van der Waals surface area contributed by atoms with Gasteiger partial charge in [-0.2, -0.15) is 0 Å². The van der Waals surface area contributed by atoms with Crippen LogP contribution in [0.4, 0.5) is 5.82 Å². The van der Waals surface area contributed by atoms with Crippen LogP contribution in [0.25, 0.3) is 0 Å². The number of hydrogen-bond donors (Lipinski definition) is 2. The lowest BCUT2D eigenvalue weighted by molar-refractivity contribution is -0.134. The van der Waals surface area contributed by atoms with E-state index in [4.69, 9.17) is 5.73 Å². The molecule has 0 spiro atoms. The molecule has 136 valence electrons. The van der Waals surface area contributed by atoms with Crippen LogP contribution in [0.2, 0.25) is 0 Å². The molecule has 0 unspecified atom stereocenters. The van der Waals surface area contributed by atoms with Crippen molar-refractivity contribution < 1.29 is 9.59 Å². The molecule has 2 atom stereocenters. The Bertz CT molecular complexity index is 545. The van der Waals surface area contributed by atoms with Gasteiger partial charge in [-0.3, -0.25) is 9.59 Å². The molecule has 3 N–H and O–H groups in total. The Morgan fingerprint density at radius 3 is 2.62 bits per heavy atom. The van der Waals surface area contributed by atoms with Crippen LogP contribution < -0.4 is 11.1 Å². The first-order chi connectivity index (χ1) is 10.5. The molecule has 1 aromatic rings. The number of nitrogens with zero attached hydrogens (tertiary/aromatic N) is 2. The number of carbonyl (C=O) groups is 2. The van der Waals surface area contributed by atoms with Gasteiger partial charge in [0.15, 0.2) is 0 Å². The van der Waals surface area contributed by atoms with Crippen molar-refractivity contribution >= 4 is 58.4 Å². The monoisotopic (exact) mass is 440 g/mol. The van der Waals surface area contributed by atoms with Gasteiger partial charge in [0.1, 0.15) is 5.82 Å². The molecular formula is C15H23BrCl2N4O2. The molecule has 1 fully saturated rings. The van der Waals surface area contributed by atoms with E-state index >= 15 is 0 Å². The highest BCUT2D eigenvalue weighted by Gasteiger charge is 2.27. The summed E-state index contributed by atoms with van der Waals surface area (Å²) in [5.74, 6) is 0.403. The maximum atomic E-state index is 12.1. The van der Waals surface area contributed by atoms with Crippen LogP contribution in [0.5, 0.6) is 0 Å². The van der Waals surface area contributed by atoms with Crippen LogP contribution in [0.3, 0.4) is 0 Å². The van der Waals surface area contributed by atoms with Crippen LogP contribution >= 0.6 is 40.7 Å². The minimum absolute atomic E-state index is 0. The first kappa shape index (κ1) is 23.1. The average Bonchev–Trinajstić information content (AvgIpc) is 2.86. The van der Waals surface area contributed by atoms with Crippen LogP contribution in [0, 0.1) is 5.92 Å². The number of carbonyl (C=O) groups excluding carboxylic acids is 2. The normalized spacial score (nSPS) is 19.0. The summed E-state index contributed by atoms with van der Waals surface area (Å²) < 4.78 is 0.839. The van der Waals surface area contributed by atoms with Gasteiger partial charge in [-0.15, -0.1) is 24.8 Å². The van der Waals surface area contributed by atoms with Gasteiger partial charge in [0.2, 0.25) is 11.8 Å². The van der Waals surface area contributed by atoms with Crippen LogP contribution in [0.15, 0.2) is 22.8 Å². The van der Waals surface area contributed by atoms with Crippen molar-refractivity contribution in [1.29, 1.82) is 0 Å². The number of aromatic nitrogens is 1. The third-order valence-electron chi connectivity index (χ3n) is 3.96. The Morgan fingerprint density at radius 1 is 1.38 bits per heavy atom. The Kier molecular flexibility index (Phi) is 10.5. The minimum Gasteiger partial charge on any atom is -0.336 e. The highest BCUT2D eigenvalue weighted by molar-refractivity contribution is 9.10. The molecule has 2 rings (SSSR count). The number of nitrogens with two attached hydrogens (primary N) is 1. The Balaban J connectivity index is 0.00000264. The fraction of sp³-hybridized carbons (Fsp3) is 0.533. The zero-order valence-corrected chi connectivity index (χ0v) is 16.6. The number of likely N-dealkylation sites (N-methyl/N-ethyl adjacent to an activating group) is 1. The second-order valence-corrected chi connectivity index (χ2v) is 6.63. The predicted octanol–water partition coefficient (Wildman–Crippen LogP) is 2.60. The number of amides is 2. The summed E-state index contributed by atoms with van der Waals surface area (Å²) in [6, 6.07) is 3.60.